The quantitative estimate of drug-likeness (QED) is 0.920. The molecule has 1 amide bonds. The lowest BCUT2D eigenvalue weighted by Crippen LogP contribution is -2.28. The minimum Gasteiger partial charge on any atom is -0.384 e. The van der Waals surface area contributed by atoms with Crippen LogP contribution in [-0.2, 0) is 0 Å². The topological polar surface area (TPSA) is 64.2 Å². The van der Waals surface area contributed by atoms with E-state index in [1.54, 1.807) is 24.1 Å². The lowest BCUT2D eigenvalue weighted by atomic mass is 10.3. The van der Waals surface area contributed by atoms with Crippen molar-refractivity contribution in [1.82, 2.24) is 14.7 Å². The zero-order valence-electron chi connectivity index (χ0n) is 12.2. The van der Waals surface area contributed by atoms with E-state index in [0.717, 1.165) is 12.8 Å². The molecule has 2 N–H and O–H groups in total. The predicted molar refractivity (Wildman–Crippen MR) is 79.8 cm³/mol. The first kappa shape index (κ1) is 15.0. The molecule has 0 atom stereocenters. The molecular formula is C15H19FN4O. The number of rotatable bonds is 5. The van der Waals surface area contributed by atoms with Crippen molar-refractivity contribution in [2.75, 3.05) is 19.3 Å². The maximum Gasteiger partial charge on any atom is 0.274 e. The molecule has 2 rings (SSSR count). The number of hydrogen-bond acceptors (Lipinski definition) is 3. The van der Waals surface area contributed by atoms with Gasteiger partial charge in [-0.25, -0.2) is 9.07 Å². The molecule has 1 heterocycles. The van der Waals surface area contributed by atoms with Crippen LogP contribution in [0.15, 0.2) is 30.3 Å². The number of carbonyl (C=O) groups excluding carboxylic acids is 1. The van der Waals surface area contributed by atoms with Crippen molar-refractivity contribution in [2.45, 2.75) is 19.8 Å². The summed E-state index contributed by atoms with van der Waals surface area (Å²) in [5, 5.41) is 4.22. The molecule has 1 aromatic heterocycles. The van der Waals surface area contributed by atoms with Crippen molar-refractivity contribution in [1.29, 1.82) is 0 Å². The van der Waals surface area contributed by atoms with Crippen molar-refractivity contribution in [3.8, 4) is 5.69 Å². The lowest BCUT2D eigenvalue weighted by molar-refractivity contribution is 0.0787. The van der Waals surface area contributed by atoms with Crippen molar-refractivity contribution in [3.05, 3.63) is 41.8 Å². The molecule has 0 fully saturated rings. The van der Waals surface area contributed by atoms with Gasteiger partial charge in [0, 0.05) is 19.7 Å². The van der Waals surface area contributed by atoms with Crippen LogP contribution in [0.4, 0.5) is 10.2 Å². The summed E-state index contributed by atoms with van der Waals surface area (Å²) in [4.78, 5) is 13.9. The van der Waals surface area contributed by atoms with Gasteiger partial charge in [-0.3, -0.25) is 4.79 Å². The summed E-state index contributed by atoms with van der Waals surface area (Å²) < 4.78 is 14.4. The van der Waals surface area contributed by atoms with Crippen LogP contribution in [0.2, 0.25) is 0 Å². The van der Waals surface area contributed by atoms with E-state index in [-0.39, 0.29) is 17.4 Å². The summed E-state index contributed by atoms with van der Waals surface area (Å²) in [6, 6.07) is 7.31. The molecule has 0 aliphatic heterocycles. The number of nitrogens with two attached hydrogens (primary N) is 1. The van der Waals surface area contributed by atoms with Crippen LogP contribution in [0, 0.1) is 5.82 Å². The van der Waals surface area contributed by atoms with E-state index < -0.39 is 0 Å². The molecule has 2 aromatic rings. The van der Waals surface area contributed by atoms with Crippen LogP contribution in [0.5, 0.6) is 0 Å². The number of aromatic nitrogens is 2. The van der Waals surface area contributed by atoms with E-state index in [9.17, 15) is 9.18 Å². The highest BCUT2D eigenvalue weighted by molar-refractivity contribution is 5.93. The third kappa shape index (κ3) is 3.39. The molecule has 1 aromatic carbocycles. The highest BCUT2D eigenvalue weighted by Crippen LogP contribution is 2.16. The van der Waals surface area contributed by atoms with Crippen molar-refractivity contribution in [2.24, 2.45) is 0 Å². The summed E-state index contributed by atoms with van der Waals surface area (Å²) in [6.07, 6.45) is 1.96. The Morgan fingerprint density at radius 1 is 1.38 bits per heavy atom. The standard InChI is InChI=1S/C15H19FN4O/c1-3-4-9-19(2)15(21)13-10-14(17)20(18-13)12-7-5-11(16)6-8-12/h5-8,10H,3-4,9,17H2,1-2H3. The zero-order valence-corrected chi connectivity index (χ0v) is 12.2. The van der Waals surface area contributed by atoms with Gasteiger partial charge < -0.3 is 10.6 Å². The van der Waals surface area contributed by atoms with E-state index in [1.807, 2.05) is 0 Å². The second kappa shape index (κ2) is 6.39. The maximum atomic E-state index is 12.9. The lowest BCUT2D eigenvalue weighted by Gasteiger charge is -2.14. The van der Waals surface area contributed by atoms with Crippen molar-refractivity contribution in [3.63, 3.8) is 0 Å². The normalized spacial score (nSPS) is 10.6. The largest absolute Gasteiger partial charge is 0.384 e. The molecule has 112 valence electrons. The van der Waals surface area contributed by atoms with E-state index in [0.29, 0.717) is 18.1 Å². The Labute approximate surface area is 123 Å². The highest BCUT2D eigenvalue weighted by atomic mass is 19.1. The molecule has 0 aliphatic carbocycles. The molecule has 0 unspecified atom stereocenters. The van der Waals surface area contributed by atoms with Gasteiger partial charge in [0.15, 0.2) is 5.69 Å². The van der Waals surface area contributed by atoms with Crippen LogP contribution in [0.25, 0.3) is 5.69 Å². The fourth-order valence-corrected chi connectivity index (χ4v) is 1.98. The molecule has 0 aliphatic rings. The zero-order chi connectivity index (χ0) is 15.4. The van der Waals surface area contributed by atoms with Gasteiger partial charge in [-0.1, -0.05) is 13.3 Å². The molecule has 0 radical (unpaired) electrons. The average molecular weight is 290 g/mol. The Kier molecular flexibility index (Phi) is 4.57. The SMILES string of the molecule is CCCCN(C)C(=O)c1cc(N)n(-c2ccc(F)cc2)n1. The van der Waals surface area contributed by atoms with Gasteiger partial charge in [0.2, 0.25) is 0 Å². The van der Waals surface area contributed by atoms with Gasteiger partial charge >= 0.3 is 0 Å². The van der Waals surface area contributed by atoms with Gasteiger partial charge in [0.05, 0.1) is 5.69 Å². The smallest absolute Gasteiger partial charge is 0.274 e. The number of amides is 1. The number of anilines is 1. The Morgan fingerprint density at radius 2 is 2.05 bits per heavy atom. The minimum atomic E-state index is -0.333. The fraction of sp³-hybridized carbons (Fsp3) is 0.333. The monoisotopic (exact) mass is 290 g/mol. The molecule has 21 heavy (non-hydrogen) atoms. The Balaban J connectivity index is 2.22. The first-order chi connectivity index (χ1) is 10.0. The molecule has 6 heteroatoms. The Hall–Kier alpha value is -2.37. The maximum absolute atomic E-state index is 12.9. The predicted octanol–water partition coefficient (Wildman–Crippen LogP) is 2.47. The molecule has 5 nitrogen and oxygen atoms in total. The first-order valence-corrected chi connectivity index (χ1v) is 6.90. The number of hydrogen-bond donors (Lipinski definition) is 1. The molecule has 0 saturated carbocycles. The van der Waals surface area contributed by atoms with Gasteiger partial charge in [0.25, 0.3) is 5.91 Å². The van der Waals surface area contributed by atoms with Crippen LogP contribution in [0.3, 0.4) is 0 Å². The molecular weight excluding hydrogens is 271 g/mol. The third-order valence-corrected chi connectivity index (χ3v) is 3.22. The first-order valence-electron chi connectivity index (χ1n) is 6.90. The van der Waals surface area contributed by atoms with Crippen LogP contribution in [0.1, 0.15) is 30.3 Å². The van der Waals surface area contributed by atoms with Gasteiger partial charge in [0.1, 0.15) is 11.6 Å². The summed E-state index contributed by atoms with van der Waals surface area (Å²) in [5.41, 5.74) is 6.79. The average Bonchev–Trinajstić information content (AvgIpc) is 2.86. The van der Waals surface area contributed by atoms with E-state index in [4.69, 9.17) is 5.73 Å². The molecule has 0 bridgehead atoms. The van der Waals surface area contributed by atoms with Gasteiger partial charge in [-0.05, 0) is 30.7 Å². The number of nitrogens with zero attached hydrogens (tertiary/aromatic N) is 3. The third-order valence-electron chi connectivity index (χ3n) is 3.22. The van der Waals surface area contributed by atoms with Crippen molar-refractivity contribution < 1.29 is 9.18 Å². The minimum absolute atomic E-state index is 0.170. The van der Waals surface area contributed by atoms with E-state index in [1.165, 1.54) is 22.9 Å². The number of unbranched alkanes of at least 4 members (excludes halogenated alkanes) is 1. The van der Waals surface area contributed by atoms with Crippen LogP contribution in [-0.4, -0.2) is 34.2 Å². The summed E-state index contributed by atoms with van der Waals surface area (Å²) >= 11 is 0. The fourth-order valence-electron chi connectivity index (χ4n) is 1.98. The Bertz CT molecular complexity index is 621. The van der Waals surface area contributed by atoms with E-state index >= 15 is 0 Å². The second-order valence-corrected chi connectivity index (χ2v) is 4.92. The Morgan fingerprint density at radius 3 is 2.67 bits per heavy atom. The number of nitrogen functional groups attached to an aromatic ring is 1. The molecule has 0 spiro atoms. The number of carbonyl (C=O) groups is 1. The molecule has 0 saturated heterocycles. The highest BCUT2D eigenvalue weighted by Gasteiger charge is 2.17. The summed E-state index contributed by atoms with van der Waals surface area (Å²) in [5.74, 6) is -0.162. The summed E-state index contributed by atoms with van der Waals surface area (Å²) in [7, 11) is 1.74. The van der Waals surface area contributed by atoms with Crippen molar-refractivity contribution >= 4 is 11.7 Å². The summed E-state index contributed by atoms with van der Waals surface area (Å²) in [6.45, 7) is 2.75. The van der Waals surface area contributed by atoms with E-state index in [2.05, 4.69) is 12.0 Å². The van der Waals surface area contributed by atoms with Gasteiger partial charge in [-0.2, -0.15) is 5.10 Å². The number of halogens is 1. The van der Waals surface area contributed by atoms with Gasteiger partial charge in [-0.15, -0.1) is 0 Å². The van der Waals surface area contributed by atoms with Crippen LogP contribution >= 0.6 is 0 Å². The van der Waals surface area contributed by atoms with Crippen LogP contribution < -0.4 is 5.73 Å². The number of benzene rings is 1. The second-order valence-electron chi connectivity index (χ2n) is 4.92.